The van der Waals surface area contributed by atoms with Gasteiger partial charge in [0.15, 0.2) is 5.65 Å². The summed E-state index contributed by atoms with van der Waals surface area (Å²) in [6.45, 7) is 5.13. The molecule has 0 aromatic carbocycles. The Hall–Kier alpha value is -2.13. The van der Waals surface area contributed by atoms with Gasteiger partial charge in [-0.05, 0) is 26.8 Å². The van der Waals surface area contributed by atoms with E-state index in [0.717, 1.165) is 4.57 Å². The Morgan fingerprint density at radius 2 is 2.05 bits per heavy atom. The Morgan fingerprint density at radius 1 is 1.38 bits per heavy atom. The summed E-state index contributed by atoms with van der Waals surface area (Å²) in [4.78, 5) is 20.2. The second kappa shape index (κ2) is 5.34. The summed E-state index contributed by atoms with van der Waals surface area (Å²) in [6, 6.07) is 1.47. The molecule has 0 aliphatic rings. The van der Waals surface area contributed by atoms with E-state index >= 15 is 0 Å². The first-order chi connectivity index (χ1) is 9.73. The highest BCUT2D eigenvalue weighted by Crippen LogP contribution is 2.17. The lowest BCUT2D eigenvalue weighted by Crippen LogP contribution is -2.41. The first-order valence-electron chi connectivity index (χ1n) is 6.25. The number of carbonyl (C=O) groups excluding carboxylic acids is 1. The number of fused-ring (bicyclic) bond motifs is 1. The van der Waals surface area contributed by atoms with Crippen LogP contribution in [0.15, 0.2) is 12.3 Å². The zero-order chi connectivity index (χ0) is 15.8. The summed E-state index contributed by atoms with van der Waals surface area (Å²) in [5.41, 5.74) is -0.608. The van der Waals surface area contributed by atoms with Gasteiger partial charge in [-0.3, -0.25) is 0 Å². The van der Waals surface area contributed by atoms with Gasteiger partial charge in [-0.15, -0.1) is 0 Å². The Kier molecular flexibility index (Phi) is 3.88. The van der Waals surface area contributed by atoms with E-state index in [1.165, 1.54) is 19.4 Å². The van der Waals surface area contributed by atoms with Crippen LogP contribution < -0.4 is 10.3 Å². The molecule has 0 bridgehead atoms. The molecular weight excluding hydrogens is 277 g/mol. The molecule has 0 saturated carbocycles. The second-order valence-electron chi connectivity index (χ2n) is 5.39. The first kappa shape index (κ1) is 15.3. The topological polar surface area (TPSA) is 107 Å². The van der Waals surface area contributed by atoms with Gasteiger partial charge < -0.3 is 19.5 Å². The minimum Gasteiger partial charge on any atom is -0.467 e. The van der Waals surface area contributed by atoms with Gasteiger partial charge in [0.1, 0.15) is 5.60 Å². The molecule has 0 aliphatic carbocycles. The molecule has 0 atom stereocenters. The van der Waals surface area contributed by atoms with Crippen molar-refractivity contribution in [1.29, 1.82) is 0 Å². The van der Waals surface area contributed by atoms with Crippen LogP contribution in [0.3, 0.4) is 0 Å². The van der Waals surface area contributed by atoms with E-state index in [9.17, 15) is 14.8 Å². The fraction of sp³-hybridized carbons (Fsp3) is 0.417. The van der Waals surface area contributed by atoms with Crippen molar-refractivity contribution < 1.29 is 24.3 Å². The molecule has 0 saturated heterocycles. The van der Waals surface area contributed by atoms with Crippen LogP contribution in [0, 0.1) is 0 Å². The lowest BCUT2D eigenvalue weighted by Gasteiger charge is -2.20. The summed E-state index contributed by atoms with van der Waals surface area (Å²) in [6.07, 6.45) is 0.662. The van der Waals surface area contributed by atoms with Gasteiger partial charge in [-0.2, -0.15) is 4.98 Å². The van der Waals surface area contributed by atoms with E-state index in [4.69, 9.17) is 9.47 Å². The van der Waals surface area contributed by atoms with Gasteiger partial charge in [-0.1, -0.05) is 0 Å². The average molecular weight is 293 g/mol. The third kappa shape index (κ3) is 3.14. The van der Waals surface area contributed by atoms with Crippen LogP contribution >= 0.6 is 0 Å². The lowest BCUT2D eigenvalue weighted by atomic mass is 9.86. The second-order valence-corrected chi connectivity index (χ2v) is 5.39. The van der Waals surface area contributed by atoms with Gasteiger partial charge in [0, 0.05) is 11.6 Å². The Labute approximate surface area is 121 Å². The number of hydrogen-bond donors (Lipinski definition) is 2. The van der Waals surface area contributed by atoms with Crippen molar-refractivity contribution in [1.82, 2.24) is 14.5 Å². The van der Waals surface area contributed by atoms with Gasteiger partial charge in [0.05, 0.1) is 12.7 Å². The Balaban J connectivity index is 2.62. The van der Waals surface area contributed by atoms with Crippen molar-refractivity contribution in [3.8, 4) is 6.01 Å². The normalized spacial score (nSPS) is 11.5. The van der Waals surface area contributed by atoms with Crippen LogP contribution in [0.5, 0.6) is 6.01 Å². The van der Waals surface area contributed by atoms with Crippen molar-refractivity contribution in [2.45, 2.75) is 26.4 Å². The zero-order valence-electron chi connectivity index (χ0n) is 12.2. The van der Waals surface area contributed by atoms with Gasteiger partial charge in [0.25, 0.3) is 0 Å². The number of nitrogens with zero attached hydrogens (tertiary/aromatic N) is 3. The maximum atomic E-state index is 12.3. The number of methoxy groups -OCH3 is 1. The van der Waals surface area contributed by atoms with Crippen LogP contribution in [0.1, 0.15) is 20.8 Å². The third-order valence-corrected chi connectivity index (χ3v) is 2.57. The minimum absolute atomic E-state index is 0.0539. The molecule has 0 amide bonds. The molecular formula is C12H16BN3O5. The van der Waals surface area contributed by atoms with Crippen LogP contribution in [0.4, 0.5) is 4.79 Å². The summed E-state index contributed by atoms with van der Waals surface area (Å²) >= 11 is 0. The van der Waals surface area contributed by atoms with Gasteiger partial charge in [-0.25, -0.2) is 14.3 Å². The standard InChI is InChI=1S/C12H16BN3O5/c1-12(2,3)21-11(17)16-8(13(18)19)5-7-6-14-10(20-4)15-9(7)16/h5-6,18-19H,1-4H3. The molecule has 0 aliphatic heterocycles. The smallest absolute Gasteiger partial charge is 0.467 e. The fourth-order valence-corrected chi connectivity index (χ4v) is 1.78. The first-order valence-corrected chi connectivity index (χ1v) is 6.25. The number of carbonyl (C=O) groups is 1. The minimum atomic E-state index is -1.85. The zero-order valence-corrected chi connectivity index (χ0v) is 12.2. The predicted molar refractivity (Wildman–Crippen MR) is 75.5 cm³/mol. The predicted octanol–water partition coefficient (Wildman–Crippen LogP) is -0.0971. The molecule has 9 heteroatoms. The number of hydrogen-bond acceptors (Lipinski definition) is 7. The number of rotatable bonds is 2. The van der Waals surface area contributed by atoms with Crippen molar-refractivity contribution in [2.24, 2.45) is 0 Å². The van der Waals surface area contributed by atoms with Crippen LogP contribution in [-0.4, -0.2) is 50.5 Å². The maximum Gasteiger partial charge on any atom is 0.506 e. The van der Waals surface area contributed by atoms with Crippen LogP contribution in [0.25, 0.3) is 11.0 Å². The molecule has 8 nitrogen and oxygen atoms in total. The molecule has 2 heterocycles. The van der Waals surface area contributed by atoms with E-state index in [1.807, 2.05) is 0 Å². The highest BCUT2D eigenvalue weighted by atomic mass is 16.6. The molecule has 0 fully saturated rings. The molecule has 21 heavy (non-hydrogen) atoms. The molecule has 2 N–H and O–H groups in total. The van der Waals surface area contributed by atoms with Crippen molar-refractivity contribution in [3.63, 3.8) is 0 Å². The molecule has 0 unspecified atom stereocenters. The molecule has 112 valence electrons. The van der Waals surface area contributed by atoms with Crippen LogP contribution in [0.2, 0.25) is 0 Å². The van der Waals surface area contributed by atoms with Crippen molar-refractivity contribution in [3.05, 3.63) is 12.3 Å². The molecule has 2 aromatic rings. The van der Waals surface area contributed by atoms with E-state index in [0.29, 0.717) is 5.39 Å². The van der Waals surface area contributed by atoms with Gasteiger partial charge in [0.2, 0.25) is 0 Å². The molecule has 0 radical (unpaired) electrons. The molecule has 2 aromatic heterocycles. The summed E-state index contributed by atoms with van der Waals surface area (Å²) in [5, 5.41) is 19.3. The quantitative estimate of drug-likeness (QED) is 0.745. The monoisotopic (exact) mass is 293 g/mol. The van der Waals surface area contributed by atoms with Gasteiger partial charge >= 0.3 is 19.2 Å². The largest absolute Gasteiger partial charge is 0.506 e. The number of ether oxygens (including phenoxy) is 2. The third-order valence-electron chi connectivity index (χ3n) is 2.57. The van der Waals surface area contributed by atoms with E-state index in [2.05, 4.69) is 9.97 Å². The summed E-state index contributed by atoms with van der Waals surface area (Å²) in [7, 11) is -0.457. The summed E-state index contributed by atoms with van der Waals surface area (Å²) in [5.74, 6) is 0. The Bertz CT molecular complexity index is 677. The van der Waals surface area contributed by atoms with E-state index in [-0.39, 0.29) is 17.3 Å². The van der Waals surface area contributed by atoms with Crippen molar-refractivity contribution in [2.75, 3.05) is 7.11 Å². The fourth-order valence-electron chi connectivity index (χ4n) is 1.78. The average Bonchev–Trinajstić information content (AvgIpc) is 2.74. The van der Waals surface area contributed by atoms with Crippen LogP contribution in [-0.2, 0) is 4.74 Å². The molecule has 2 rings (SSSR count). The van der Waals surface area contributed by atoms with E-state index < -0.39 is 18.8 Å². The lowest BCUT2D eigenvalue weighted by molar-refractivity contribution is 0.0547. The molecule has 0 spiro atoms. The Morgan fingerprint density at radius 3 is 2.57 bits per heavy atom. The SMILES string of the molecule is COc1ncc2cc(B(O)O)n(C(=O)OC(C)(C)C)c2n1. The number of aromatic nitrogens is 3. The summed E-state index contributed by atoms with van der Waals surface area (Å²) < 4.78 is 11.2. The van der Waals surface area contributed by atoms with E-state index in [1.54, 1.807) is 20.8 Å². The highest BCUT2D eigenvalue weighted by Gasteiger charge is 2.28. The maximum absolute atomic E-state index is 12.3. The highest BCUT2D eigenvalue weighted by molar-refractivity contribution is 6.58. The van der Waals surface area contributed by atoms with Crippen molar-refractivity contribution >= 4 is 29.8 Å².